The second-order valence-corrected chi connectivity index (χ2v) is 5.53. The van der Waals surface area contributed by atoms with Gasteiger partial charge in [-0.15, -0.1) is 0 Å². The molecule has 0 saturated carbocycles. The van der Waals surface area contributed by atoms with Crippen molar-refractivity contribution in [1.29, 1.82) is 0 Å². The average Bonchev–Trinajstić information content (AvgIpc) is 3.01. The van der Waals surface area contributed by atoms with E-state index in [1.165, 1.54) is 10.9 Å². The molecule has 0 aliphatic heterocycles. The Kier molecular flexibility index (Phi) is 2.39. The molecule has 4 rings (SSSR count). The highest BCUT2D eigenvalue weighted by molar-refractivity contribution is 5.92. The van der Waals surface area contributed by atoms with E-state index in [-0.39, 0.29) is 0 Å². The van der Waals surface area contributed by atoms with Crippen molar-refractivity contribution in [1.82, 2.24) is 9.13 Å². The van der Waals surface area contributed by atoms with Gasteiger partial charge in [0, 0.05) is 46.8 Å². The summed E-state index contributed by atoms with van der Waals surface area (Å²) in [5.74, 6) is 0.304. The van der Waals surface area contributed by atoms with Crippen LogP contribution in [0.25, 0.3) is 27.4 Å². The van der Waals surface area contributed by atoms with E-state index in [9.17, 15) is 5.11 Å². The van der Waals surface area contributed by atoms with Gasteiger partial charge >= 0.3 is 0 Å². The van der Waals surface area contributed by atoms with E-state index < -0.39 is 0 Å². The lowest BCUT2D eigenvalue weighted by atomic mass is 10.1. The topological polar surface area (TPSA) is 30.1 Å². The third-order valence-electron chi connectivity index (χ3n) is 4.17. The van der Waals surface area contributed by atoms with Crippen molar-refractivity contribution in [3.8, 4) is 11.6 Å². The predicted octanol–water partition coefficient (Wildman–Crippen LogP) is 4.14. The zero-order valence-electron chi connectivity index (χ0n) is 12.0. The minimum atomic E-state index is 0.304. The third kappa shape index (κ3) is 1.67. The van der Waals surface area contributed by atoms with Crippen LogP contribution >= 0.6 is 0 Å². The quantitative estimate of drug-likeness (QED) is 0.556. The van der Waals surface area contributed by atoms with Crippen molar-refractivity contribution in [2.75, 3.05) is 0 Å². The Morgan fingerprint density at radius 2 is 1.86 bits per heavy atom. The summed E-state index contributed by atoms with van der Waals surface area (Å²) in [6, 6.07) is 14.4. The van der Waals surface area contributed by atoms with E-state index in [2.05, 4.69) is 22.8 Å². The van der Waals surface area contributed by atoms with Crippen LogP contribution in [0.1, 0.15) is 5.56 Å². The van der Waals surface area contributed by atoms with Crippen LogP contribution in [0, 0.1) is 6.92 Å². The second kappa shape index (κ2) is 4.16. The summed E-state index contributed by atoms with van der Waals surface area (Å²) in [4.78, 5) is 0. The fourth-order valence-electron chi connectivity index (χ4n) is 3.04. The van der Waals surface area contributed by atoms with Gasteiger partial charge in [-0.25, -0.2) is 0 Å². The first-order valence-corrected chi connectivity index (χ1v) is 7.00. The maximum atomic E-state index is 10.6. The molecule has 2 aromatic heterocycles. The van der Waals surface area contributed by atoms with Crippen molar-refractivity contribution in [2.45, 2.75) is 6.92 Å². The SMILES string of the molecule is Cc1cccc2cn(-c3ccc4c(ccn4C)c3)c(O)c12. The van der Waals surface area contributed by atoms with E-state index in [0.29, 0.717) is 5.88 Å². The van der Waals surface area contributed by atoms with E-state index in [0.717, 1.165) is 22.0 Å². The van der Waals surface area contributed by atoms with E-state index >= 15 is 0 Å². The van der Waals surface area contributed by atoms with Gasteiger partial charge < -0.3 is 9.67 Å². The molecule has 3 nitrogen and oxygen atoms in total. The van der Waals surface area contributed by atoms with Gasteiger partial charge in [0.25, 0.3) is 0 Å². The Morgan fingerprint density at radius 1 is 1.00 bits per heavy atom. The van der Waals surface area contributed by atoms with Crippen LogP contribution in [0.3, 0.4) is 0 Å². The maximum absolute atomic E-state index is 10.6. The van der Waals surface area contributed by atoms with Gasteiger partial charge in [0.05, 0.1) is 0 Å². The molecule has 0 atom stereocenters. The summed E-state index contributed by atoms with van der Waals surface area (Å²) in [6.07, 6.45) is 4.03. The number of fused-ring (bicyclic) bond motifs is 2. The molecule has 0 unspecified atom stereocenters. The molecule has 104 valence electrons. The standard InChI is InChI=1S/C18H16N2O/c1-12-4-3-5-14-11-20(18(21)17(12)14)15-6-7-16-13(10-15)8-9-19(16)2/h3-11,21H,1-2H3. The molecule has 0 spiro atoms. The van der Waals surface area contributed by atoms with Crippen molar-refractivity contribution in [3.05, 3.63) is 60.4 Å². The van der Waals surface area contributed by atoms with Crippen molar-refractivity contribution < 1.29 is 5.11 Å². The summed E-state index contributed by atoms with van der Waals surface area (Å²) >= 11 is 0. The number of hydrogen-bond acceptors (Lipinski definition) is 1. The molecule has 2 heterocycles. The van der Waals surface area contributed by atoms with Crippen LogP contribution in [0.5, 0.6) is 5.88 Å². The third-order valence-corrected chi connectivity index (χ3v) is 4.17. The summed E-state index contributed by atoms with van der Waals surface area (Å²) in [6.45, 7) is 2.02. The smallest absolute Gasteiger partial charge is 0.204 e. The van der Waals surface area contributed by atoms with Crippen LogP contribution < -0.4 is 0 Å². The van der Waals surface area contributed by atoms with Crippen molar-refractivity contribution >= 4 is 21.7 Å². The monoisotopic (exact) mass is 276 g/mol. The molecule has 0 bridgehead atoms. The normalized spacial score (nSPS) is 11.5. The van der Waals surface area contributed by atoms with Gasteiger partial charge in [-0.1, -0.05) is 18.2 Å². The number of benzene rings is 2. The molecule has 0 fully saturated rings. The molecule has 0 saturated heterocycles. The lowest BCUT2D eigenvalue weighted by Crippen LogP contribution is -1.91. The minimum absolute atomic E-state index is 0.304. The number of hydrogen-bond donors (Lipinski definition) is 1. The van der Waals surface area contributed by atoms with Gasteiger partial charge in [-0.2, -0.15) is 0 Å². The predicted molar refractivity (Wildman–Crippen MR) is 86.2 cm³/mol. The summed E-state index contributed by atoms with van der Waals surface area (Å²) in [7, 11) is 2.03. The van der Waals surface area contributed by atoms with Crippen LogP contribution in [0.15, 0.2) is 54.9 Å². The second-order valence-electron chi connectivity index (χ2n) is 5.53. The molecule has 21 heavy (non-hydrogen) atoms. The van der Waals surface area contributed by atoms with Crippen LogP contribution in [0.2, 0.25) is 0 Å². The largest absolute Gasteiger partial charge is 0.494 e. The fraction of sp³-hybridized carbons (Fsp3) is 0.111. The Labute approximate surface area is 122 Å². The Morgan fingerprint density at radius 3 is 2.67 bits per heavy atom. The highest BCUT2D eigenvalue weighted by atomic mass is 16.3. The van der Waals surface area contributed by atoms with Crippen molar-refractivity contribution in [3.63, 3.8) is 0 Å². The number of rotatable bonds is 1. The number of aryl methyl sites for hydroxylation is 2. The van der Waals surface area contributed by atoms with Gasteiger partial charge in [0.2, 0.25) is 5.88 Å². The maximum Gasteiger partial charge on any atom is 0.204 e. The fourth-order valence-corrected chi connectivity index (χ4v) is 3.04. The van der Waals surface area contributed by atoms with Gasteiger partial charge in [-0.3, -0.25) is 4.57 Å². The molecule has 4 aromatic rings. The Hall–Kier alpha value is -2.68. The summed E-state index contributed by atoms with van der Waals surface area (Å²) < 4.78 is 3.94. The van der Waals surface area contributed by atoms with Crippen LogP contribution in [-0.2, 0) is 7.05 Å². The zero-order valence-corrected chi connectivity index (χ0v) is 12.0. The molecule has 0 amide bonds. The number of aromatic nitrogens is 2. The minimum Gasteiger partial charge on any atom is -0.494 e. The highest BCUT2D eigenvalue weighted by Gasteiger charge is 2.12. The molecular weight excluding hydrogens is 260 g/mol. The van der Waals surface area contributed by atoms with Gasteiger partial charge in [-0.05, 0) is 36.8 Å². The van der Waals surface area contributed by atoms with Gasteiger partial charge in [0.1, 0.15) is 0 Å². The first-order valence-electron chi connectivity index (χ1n) is 7.00. The lowest BCUT2D eigenvalue weighted by molar-refractivity contribution is 0.448. The zero-order chi connectivity index (χ0) is 14.6. The lowest BCUT2D eigenvalue weighted by Gasteiger charge is -2.06. The van der Waals surface area contributed by atoms with E-state index in [1.807, 2.05) is 55.2 Å². The number of nitrogens with zero attached hydrogens (tertiary/aromatic N) is 2. The van der Waals surface area contributed by atoms with E-state index in [1.54, 1.807) is 0 Å². The van der Waals surface area contributed by atoms with Crippen LogP contribution in [-0.4, -0.2) is 14.2 Å². The first kappa shape index (κ1) is 12.1. The van der Waals surface area contributed by atoms with Crippen LogP contribution in [0.4, 0.5) is 0 Å². The molecule has 0 aliphatic carbocycles. The Balaban J connectivity index is 1.99. The first-order chi connectivity index (χ1) is 10.1. The van der Waals surface area contributed by atoms with Gasteiger partial charge in [0.15, 0.2) is 0 Å². The average molecular weight is 276 g/mol. The molecule has 0 radical (unpaired) electrons. The summed E-state index contributed by atoms with van der Waals surface area (Å²) in [5.41, 5.74) is 3.25. The van der Waals surface area contributed by atoms with Crippen molar-refractivity contribution in [2.24, 2.45) is 7.05 Å². The molecule has 3 heteroatoms. The summed E-state index contributed by atoms with van der Waals surface area (Å²) in [5, 5.41) is 13.7. The Bertz CT molecular complexity index is 976. The highest BCUT2D eigenvalue weighted by Crippen LogP contribution is 2.33. The molecule has 2 aromatic carbocycles. The molecule has 0 aliphatic rings. The molecular formula is C18H16N2O. The van der Waals surface area contributed by atoms with E-state index in [4.69, 9.17) is 0 Å². The number of aromatic hydroxyl groups is 1. The molecule has 1 N–H and O–H groups in total.